The van der Waals surface area contributed by atoms with E-state index >= 15 is 0 Å². The lowest BCUT2D eigenvalue weighted by atomic mass is 10.1. The molecular weight excluding hydrogens is 381 g/mol. The van der Waals surface area contributed by atoms with Crippen LogP contribution < -0.4 is 5.32 Å². The number of urea groups is 1. The first-order valence-electron chi connectivity index (χ1n) is 9.86. The van der Waals surface area contributed by atoms with Gasteiger partial charge in [-0.15, -0.1) is 0 Å². The Labute approximate surface area is 173 Å². The first kappa shape index (κ1) is 18.3. The van der Waals surface area contributed by atoms with Crippen molar-refractivity contribution in [3.8, 4) is 22.4 Å². The Morgan fingerprint density at radius 1 is 1.03 bits per heavy atom. The number of rotatable bonds is 3. The van der Waals surface area contributed by atoms with Crippen LogP contribution in [0, 0.1) is 0 Å². The van der Waals surface area contributed by atoms with Gasteiger partial charge >= 0.3 is 6.03 Å². The van der Waals surface area contributed by atoms with Crippen molar-refractivity contribution in [2.45, 2.75) is 12.6 Å². The number of alkyl halides is 1. The van der Waals surface area contributed by atoms with Crippen LogP contribution in [-0.2, 0) is 0 Å². The third-order valence-electron chi connectivity index (χ3n) is 5.24. The molecule has 2 aromatic carbocycles. The molecule has 7 heteroatoms. The minimum absolute atomic E-state index is 0.146. The van der Waals surface area contributed by atoms with Crippen LogP contribution in [0.5, 0.6) is 0 Å². The smallest absolute Gasteiger partial charge is 0.321 e. The fourth-order valence-electron chi connectivity index (χ4n) is 3.66. The number of benzene rings is 2. The predicted octanol–water partition coefficient (Wildman–Crippen LogP) is 4.64. The highest BCUT2D eigenvalue weighted by Crippen LogP contribution is 2.24. The van der Waals surface area contributed by atoms with E-state index in [1.807, 2.05) is 77.6 Å². The van der Waals surface area contributed by atoms with E-state index < -0.39 is 6.17 Å². The van der Waals surface area contributed by atoms with E-state index in [1.54, 1.807) is 0 Å². The highest BCUT2D eigenvalue weighted by atomic mass is 19.1. The van der Waals surface area contributed by atoms with Crippen molar-refractivity contribution < 1.29 is 9.18 Å². The molecule has 3 heterocycles. The summed E-state index contributed by atoms with van der Waals surface area (Å²) < 4.78 is 15.3. The Hall–Kier alpha value is -3.74. The minimum atomic E-state index is -0.937. The Bertz CT molecular complexity index is 1210. The molecule has 1 fully saturated rings. The van der Waals surface area contributed by atoms with Crippen LogP contribution >= 0.6 is 0 Å². The highest BCUT2D eigenvalue weighted by Gasteiger charge is 2.25. The third kappa shape index (κ3) is 3.61. The van der Waals surface area contributed by atoms with Gasteiger partial charge in [0, 0.05) is 41.9 Å². The standard InChI is InChI=1S/C23H20FN5O/c24-19-9-10-28(14-19)23(30)26-20-8-4-7-17(11-20)21-15-29-13-18(12-25-22(29)27-21)16-5-2-1-3-6-16/h1-8,11-13,15,19H,9-10,14H2,(H,26,30)/t19-/m1/s1. The van der Waals surface area contributed by atoms with Crippen LogP contribution in [-0.4, -0.2) is 44.6 Å². The maximum Gasteiger partial charge on any atom is 0.321 e. The number of imidazole rings is 1. The fourth-order valence-corrected chi connectivity index (χ4v) is 3.66. The zero-order valence-corrected chi connectivity index (χ0v) is 16.2. The average molecular weight is 401 g/mol. The molecule has 1 saturated heterocycles. The second-order valence-corrected chi connectivity index (χ2v) is 7.39. The number of hydrogen-bond acceptors (Lipinski definition) is 3. The second-order valence-electron chi connectivity index (χ2n) is 7.39. The second kappa shape index (κ2) is 7.59. The van der Waals surface area contributed by atoms with Gasteiger partial charge in [0.15, 0.2) is 0 Å². The summed E-state index contributed by atoms with van der Waals surface area (Å²) in [6.45, 7) is 0.585. The van der Waals surface area contributed by atoms with Crippen molar-refractivity contribution in [3.05, 3.63) is 73.2 Å². The van der Waals surface area contributed by atoms with Gasteiger partial charge in [-0.2, -0.15) is 0 Å². The van der Waals surface area contributed by atoms with Gasteiger partial charge in [0.25, 0.3) is 0 Å². The molecule has 1 N–H and O–H groups in total. The van der Waals surface area contributed by atoms with E-state index in [4.69, 9.17) is 0 Å². The normalized spacial score (nSPS) is 16.2. The first-order valence-corrected chi connectivity index (χ1v) is 9.86. The minimum Gasteiger partial charge on any atom is -0.322 e. The Morgan fingerprint density at radius 3 is 2.67 bits per heavy atom. The van der Waals surface area contributed by atoms with E-state index in [0.29, 0.717) is 24.4 Å². The van der Waals surface area contributed by atoms with Crippen molar-refractivity contribution in [2.75, 3.05) is 18.4 Å². The number of aromatic nitrogens is 3. The molecule has 150 valence electrons. The van der Waals surface area contributed by atoms with Gasteiger partial charge in [0.05, 0.1) is 12.2 Å². The lowest BCUT2D eigenvalue weighted by Gasteiger charge is -2.16. The van der Waals surface area contributed by atoms with Crippen LogP contribution in [0.2, 0.25) is 0 Å². The van der Waals surface area contributed by atoms with Gasteiger partial charge < -0.3 is 10.2 Å². The van der Waals surface area contributed by atoms with E-state index in [-0.39, 0.29) is 12.6 Å². The fraction of sp³-hybridized carbons (Fsp3) is 0.174. The van der Waals surface area contributed by atoms with Crippen LogP contribution in [0.15, 0.2) is 73.2 Å². The molecule has 5 rings (SSSR count). The summed E-state index contributed by atoms with van der Waals surface area (Å²) in [5, 5.41) is 2.85. The molecular formula is C23H20FN5O. The van der Waals surface area contributed by atoms with E-state index in [0.717, 1.165) is 22.4 Å². The molecule has 2 aromatic heterocycles. The van der Waals surface area contributed by atoms with Gasteiger partial charge in [-0.25, -0.2) is 19.2 Å². The molecule has 0 spiro atoms. The molecule has 4 aromatic rings. The zero-order chi connectivity index (χ0) is 20.5. The average Bonchev–Trinajstić information content (AvgIpc) is 3.40. The molecule has 0 saturated carbocycles. The number of likely N-dealkylation sites (tertiary alicyclic amines) is 1. The number of nitrogens with one attached hydrogen (secondary N) is 1. The number of anilines is 1. The maximum absolute atomic E-state index is 13.4. The van der Waals surface area contributed by atoms with Gasteiger partial charge in [-0.05, 0) is 24.1 Å². The van der Waals surface area contributed by atoms with E-state index in [9.17, 15) is 9.18 Å². The molecule has 0 unspecified atom stereocenters. The van der Waals surface area contributed by atoms with Gasteiger partial charge in [0.2, 0.25) is 5.78 Å². The Kier molecular flexibility index (Phi) is 4.63. The van der Waals surface area contributed by atoms with Crippen LogP contribution in [0.3, 0.4) is 0 Å². The zero-order valence-electron chi connectivity index (χ0n) is 16.2. The number of carbonyl (C=O) groups is 1. The van der Waals surface area contributed by atoms with Crippen LogP contribution in [0.4, 0.5) is 14.9 Å². The van der Waals surface area contributed by atoms with Crippen molar-refractivity contribution in [2.24, 2.45) is 0 Å². The van der Waals surface area contributed by atoms with Crippen molar-refractivity contribution >= 4 is 17.5 Å². The summed E-state index contributed by atoms with van der Waals surface area (Å²) in [4.78, 5) is 22.9. The Balaban J connectivity index is 1.40. The summed E-state index contributed by atoms with van der Waals surface area (Å²) in [6, 6.07) is 17.2. The number of carbonyl (C=O) groups excluding carboxylic acids is 1. The summed E-state index contributed by atoms with van der Waals surface area (Å²) in [5.74, 6) is 0.602. The number of hydrogen-bond donors (Lipinski definition) is 1. The summed E-state index contributed by atoms with van der Waals surface area (Å²) >= 11 is 0. The van der Waals surface area contributed by atoms with E-state index in [1.165, 1.54) is 4.90 Å². The molecule has 0 bridgehead atoms. The van der Waals surface area contributed by atoms with E-state index in [2.05, 4.69) is 15.3 Å². The molecule has 0 radical (unpaired) electrons. The molecule has 6 nitrogen and oxygen atoms in total. The monoisotopic (exact) mass is 401 g/mol. The van der Waals surface area contributed by atoms with Gasteiger partial charge in [0.1, 0.15) is 6.17 Å². The largest absolute Gasteiger partial charge is 0.322 e. The lowest BCUT2D eigenvalue weighted by Crippen LogP contribution is -2.33. The van der Waals surface area contributed by atoms with Gasteiger partial charge in [-0.3, -0.25) is 4.40 Å². The van der Waals surface area contributed by atoms with Gasteiger partial charge in [-0.1, -0.05) is 42.5 Å². The molecule has 30 heavy (non-hydrogen) atoms. The summed E-state index contributed by atoms with van der Waals surface area (Å²) in [7, 11) is 0. The quantitative estimate of drug-likeness (QED) is 0.544. The molecule has 1 aliphatic rings. The number of nitrogens with zero attached hydrogens (tertiary/aromatic N) is 4. The first-order chi connectivity index (χ1) is 14.7. The molecule has 2 amide bonds. The van der Waals surface area contributed by atoms with Crippen molar-refractivity contribution in [1.82, 2.24) is 19.3 Å². The highest BCUT2D eigenvalue weighted by molar-refractivity contribution is 5.90. The summed E-state index contributed by atoms with van der Waals surface area (Å²) in [6.07, 6.45) is 5.19. The Morgan fingerprint density at radius 2 is 1.87 bits per heavy atom. The number of amides is 2. The molecule has 1 aliphatic heterocycles. The van der Waals surface area contributed by atoms with Crippen molar-refractivity contribution in [1.29, 1.82) is 0 Å². The third-order valence-corrected chi connectivity index (χ3v) is 5.24. The van der Waals surface area contributed by atoms with Crippen molar-refractivity contribution in [3.63, 3.8) is 0 Å². The predicted molar refractivity (Wildman–Crippen MR) is 114 cm³/mol. The number of halogens is 1. The lowest BCUT2D eigenvalue weighted by molar-refractivity contribution is 0.218. The number of fused-ring (bicyclic) bond motifs is 1. The van der Waals surface area contributed by atoms with Crippen LogP contribution in [0.25, 0.3) is 28.2 Å². The molecule has 0 aliphatic carbocycles. The summed E-state index contributed by atoms with van der Waals surface area (Å²) in [5.41, 5.74) is 4.36. The maximum atomic E-state index is 13.4. The van der Waals surface area contributed by atoms with Crippen LogP contribution in [0.1, 0.15) is 6.42 Å². The molecule has 1 atom stereocenters. The SMILES string of the molecule is O=C(Nc1cccc(-c2cn3cc(-c4ccccc4)cnc3n2)c1)N1CC[C@@H](F)C1. The topological polar surface area (TPSA) is 62.5 Å².